The Kier molecular flexibility index (Phi) is 2.60. The Labute approximate surface area is 110 Å². The number of nitrogens with zero attached hydrogens (tertiary/aromatic N) is 1. The van der Waals surface area contributed by atoms with Crippen LogP contribution >= 0.6 is 11.6 Å². The van der Waals surface area contributed by atoms with E-state index in [4.69, 9.17) is 16.0 Å². The van der Waals surface area contributed by atoms with Gasteiger partial charge in [-0.1, -0.05) is 29.3 Å². The third-order valence-corrected chi connectivity index (χ3v) is 3.21. The molecule has 3 rings (SSSR count). The largest absolute Gasteiger partial charge is 0.436 e. The van der Waals surface area contributed by atoms with Gasteiger partial charge in [0.05, 0.1) is 0 Å². The lowest BCUT2D eigenvalue weighted by Crippen LogP contribution is -1.84. The summed E-state index contributed by atoms with van der Waals surface area (Å²) in [6.45, 7) is 4.11. The van der Waals surface area contributed by atoms with Crippen LogP contribution in [0.15, 0.2) is 40.8 Å². The van der Waals surface area contributed by atoms with Gasteiger partial charge in [-0.05, 0) is 43.7 Å². The third kappa shape index (κ3) is 1.89. The minimum atomic E-state index is 0.647. The predicted molar refractivity (Wildman–Crippen MR) is 73.9 cm³/mol. The fourth-order valence-corrected chi connectivity index (χ4v) is 2.15. The number of hydrogen-bond acceptors (Lipinski definition) is 2. The molecule has 0 bridgehead atoms. The predicted octanol–water partition coefficient (Wildman–Crippen LogP) is 4.77. The Bertz CT molecular complexity index is 730. The van der Waals surface area contributed by atoms with Crippen molar-refractivity contribution >= 4 is 22.7 Å². The summed E-state index contributed by atoms with van der Waals surface area (Å²) in [5.41, 5.74) is 4.92. The quantitative estimate of drug-likeness (QED) is 0.628. The van der Waals surface area contributed by atoms with E-state index in [9.17, 15) is 0 Å². The maximum atomic E-state index is 5.95. The van der Waals surface area contributed by atoms with Crippen LogP contribution in [0.2, 0.25) is 5.02 Å². The summed E-state index contributed by atoms with van der Waals surface area (Å²) in [6, 6.07) is 11.7. The number of halogens is 1. The van der Waals surface area contributed by atoms with Crippen molar-refractivity contribution in [2.75, 3.05) is 0 Å². The molecule has 0 aliphatic rings. The van der Waals surface area contributed by atoms with E-state index in [-0.39, 0.29) is 0 Å². The summed E-state index contributed by atoms with van der Waals surface area (Å²) >= 11 is 5.95. The van der Waals surface area contributed by atoms with Crippen molar-refractivity contribution in [3.8, 4) is 11.5 Å². The molecule has 0 fully saturated rings. The molecular formula is C15H12ClNO. The Morgan fingerprint density at radius 2 is 1.89 bits per heavy atom. The van der Waals surface area contributed by atoms with Crippen molar-refractivity contribution in [2.45, 2.75) is 13.8 Å². The Hall–Kier alpha value is -1.80. The smallest absolute Gasteiger partial charge is 0.227 e. The molecule has 0 atom stereocenters. The second-order valence-corrected chi connectivity index (χ2v) is 4.89. The van der Waals surface area contributed by atoms with Gasteiger partial charge in [0.25, 0.3) is 0 Å². The highest BCUT2D eigenvalue weighted by molar-refractivity contribution is 6.31. The molecule has 0 N–H and O–H groups in total. The molecule has 3 aromatic rings. The van der Waals surface area contributed by atoms with Gasteiger partial charge in [0, 0.05) is 10.6 Å². The standard InChI is InChI=1S/C15H12ClNO/c1-9-3-4-10(2)12(7-9)15-17-13-8-11(16)5-6-14(13)18-15/h3-8H,1-2H3. The van der Waals surface area contributed by atoms with E-state index in [1.807, 2.05) is 18.2 Å². The van der Waals surface area contributed by atoms with Crippen molar-refractivity contribution < 1.29 is 4.42 Å². The van der Waals surface area contributed by atoms with Crippen LogP contribution in [0.5, 0.6) is 0 Å². The number of benzene rings is 2. The number of aryl methyl sites for hydroxylation is 2. The van der Waals surface area contributed by atoms with Crippen molar-refractivity contribution in [2.24, 2.45) is 0 Å². The van der Waals surface area contributed by atoms with Gasteiger partial charge in [0.15, 0.2) is 5.58 Å². The summed E-state index contributed by atoms with van der Waals surface area (Å²) in [5.74, 6) is 0.647. The lowest BCUT2D eigenvalue weighted by Gasteiger charge is -2.02. The number of hydrogen-bond donors (Lipinski definition) is 0. The molecule has 3 heteroatoms. The number of rotatable bonds is 1. The van der Waals surface area contributed by atoms with Crippen molar-refractivity contribution in [1.82, 2.24) is 4.98 Å². The molecule has 0 radical (unpaired) electrons. The second-order valence-electron chi connectivity index (χ2n) is 4.45. The summed E-state index contributed by atoms with van der Waals surface area (Å²) in [7, 11) is 0. The van der Waals surface area contributed by atoms with Crippen LogP contribution in [-0.4, -0.2) is 4.98 Å². The molecule has 1 heterocycles. The molecule has 90 valence electrons. The topological polar surface area (TPSA) is 26.0 Å². The summed E-state index contributed by atoms with van der Waals surface area (Å²) in [4.78, 5) is 4.49. The van der Waals surface area contributed by atoms with E-state index in [0.717, 1.165) is 22.2 Å². The Morgan fingerprint density at radius 1 is 1.06 bits per heavy atom. The highest BCUT2D eigenvalue weighted by atomic mass is 35.5. The van der Waals surface area contributed by atoms with Gasteiger partial charge in [0.2, 0.25) is 5.89 Å². The van der Waals surface area contributed by atoms with Gasteiger partial charge in [-0.2, -0.15) is 0 Å². The lowest BCUT2D eigenvalue weighted by molar-refractivity contribution is 0.619. The van der Waals surface area contributed by atoms with E-state index in [1.54, 1.807) is 0 Å². The molecular weight excluding hydrogens is 246 g/mol. The zero-order valence-corrected chi connectivity index (χ0v) is 11.0. The minimum Gasteiger partial charge on any atom is -0.436 e. The molecule has 0 aliphatic heterocycles. The van der Waals surface area contributed by atoms with Gasteiger partial charge in [-0.3, -0.25) is 0 Å². The van der Waals surface area contributed by atoms with Crippen molar-refractivity contribution in [3.63, 3.8) is 0 Å². The summed E-state index contributed by atoms with van der Waals surface area (Å²) < 4.78 is 5.78. The van der Waals surface area contributed by atoms with E-state index in [1.165, 1.54) is 5.56 Å². The SMILES string of the molecule is Cc1ccc(C)c(-c2nc3cc(Cl)ccc3o2)c1. The monoisotopic (exact) mass is 257 g/mol. The van der Waals surface area contributed by atoms with Crippen LogP contribution in [0.25, 0.3) is 22.6 Å². The van der Waals surface area contributed by atoms with Crippen LogP contribution in [0.3, 0.4) is 0 Å². The summed E-state index contributed by atoms with van der Waals surface area (Å²) in [6.07, 6.45) is 0. The highest BCUT2D eigenvalue weighted by Crippen LogP contribution is 2.28. The van der Waals surface area contributed by atoms with Crippen LogP contribution < -0.4 is 0 Å². The number of aromatic nitrogens is 1. The zero-order valence-electron chi connectivity index (χ0n) is 10.2. The average molecular weight is 258 g/mol. The molecule has 0 aliphatic carbocycles. The van der Waals surface area contributed by atoms with Crippen molar-refractivity contribution in [1.29, 1.82) is 0 Å². The minimum absolute atomic E-state index is 0.647. The first-order valence-corrected chi connectivity index (χ1v) is 6.15. The van der Waals surface area contributed by atoms with Gasteiger partial charge < -0.3 is 4.42 Å². The van der Waals surface area contributed by atoms with E-state index in [2.05, 4.69) is 37.0 Å². The first kappa shape index (κ1) is 11.3. The molecule has 0 saturated carbocycles. The van der Waals surface area contributed by atoms with Crippen LogP contribution in [0, 0.1) is 13.8 Å². The number of oxazole rings is 1. The first-order valence-electron chi connectivity index (χ1n) is 5.77. The maximum Gasteiger partial charge on any atom is 0.227 e. The van der Waals surface area contributed by atoms with E-state index in [0.29, 0.717) is 10.9 Å². The molecule has 0 spiro atoms. The van der Waals surface area contributed by atoms with Gasteiger partial charge >= 0.3 is 0 Å². The Balaban J connectivity index is 2.22. The van der Waals surface area contributed by atoms with Crippen LogP contribution in [0.1, 0.15) is 11.1 Å². The molecule has 2 aromatic carbocycles. The van der Waals surface area contributed by atoms with Gasteiger partial charge in [0.1, 0.15) is 5.52 Å². The molecule has 0 unspecified atom stereocenters. The van der Waals surface area contributed by atoms with E-state index < -0.39 is 0 Å². The molecule has 2 nitrogen and oxygen atoms in total. The first-order chi connectivity index (χ1) is 8.63. The van der Waals surface area contributed by atoms with Crippen molar-refractivity contribution in [3.05, 3.63) is 52.5 Å². The fraction of sp³-hybridized carbons (Fsp3) is 0.133. The highest BCUT2D eigenvalue weighted by Gasteiger charge is 2.10. The third-order valence-electron chi connectivity index (χ3n) is 2.97. The molecule has 0 amide bonds. The fourth-order valence-electron chi connectivity index (χ4n) is 1.98. The molecule has 1 aromatic heterocycles. The van der Waals surface area contributed by atoms with Gasteiger partial charge in [-0.15, -0.1) is 0 Å². The molecule has 18 heavy (non-hydrogen) atoms. The molecule has 0 saturated heterocycles. The average Bonchev–Trinajstić information content (AvgIpc) is 2.74. The lowest BCUT2D eigenvalue weighted by atomic mass is 10.1. The zero-order chi connectivity index (χ0) is 12.7. The maximum absolute atomic E-state index is 5.95. The second kappa shape index (κ2) is 4.14. The van der Waals surface area contributed by atoms with Gasteiger partial charge in [-0.25, -0.2) is 4.98 Å². The van der Waals surface area contributed by atoms with Crippen LogP contribution in [-0.2, 0) is 0 Å². The van der Waals surface area contributed by atoms with Crippen LogP contribution in [0.4, 0.5) is 0 Å². The number of fused-ring (bicyclic) bond motifs is 1. The Morgan fingerprint density at radius 3 is 2.72 bits per heavy atom. The normalized spacial score (nSPS) is 11.1. The van der Waals surface area contributed by atoms with E-state index >= 15 is 0 Å². The summed E-state index contributed by atoms with van der Waals surface area (Å²) in [5, 5.41) is 0.670.